The average molecular weight is 370 g/mol. The second-order valence-corrected chi connectivity index (χ2v) is 6.81. The van der Waals surface area contributed by atoms with E-state index in [4.69, 9.17) is 5.73 Å². The molecule has 1 aromatic heterocycles. The Morgan fingerprint density at radius 3 is 2.25 bits per heavy atom. The van der Waals surface area contributed by atoms with E-state index in [2.05, 4.69) is 22.1 Å². The number of aromatic nitrogens is 1. The van der Waals surface area contributed by atoms with Crippen LogP contribution >= 0.6 is 0 Å². The van der Waals surface area contributed by atoms with Gasteiger partial charge in [0.15, 0.2) is 5.96 Å². The second kappa shape index (κ2) is 7.64. The molecule has 1 unspecified atom stereocenters. The Labute approximate surface area is 164 Å². The highest BCUT2D eigenvalue weighted by Crippen LogP contribution is 2.38. The molecular formula is C23H22N4O. The Hall–Kier alpha value is -3.47. The number of benzene rings is 2. The molecule has 0 radical (unpaired) electrons. The molecule has 3 aromatic rings. The summed E-state index contributed by atoms with van der Waals surface area (Å²) >= 11 is 0. The van der Waals surface area contributed by atoms with Gasteiger partial charge in [0.2, 0.25) is 5.54 Å². The molecule has 4 rings (SSSR count). The summed E-state index contributed by atoms with van der Waals surface area (Å²) in [5, 5.41) is 0. The zero-order valence-corrected chi connectivity index (χ0v) is 15.5. The SMILES string of the molecule is NC1=NC(c2ccccc2)(c2ccccn2)C(=O)N1CCCc1ccccc1. The topological polar surface area (TPSA) is 71.6 Å². The van der Waals surface area contributed by atoms with Crippen LogP contribution in [-0.2, 0) is 16.8 Å². The third-order valence-corrected chi connectivity index (χ3v) is 5.03. The van der Waals surface area contributed by atoms with Gasteiger partial charge in [-0.05, 0) is 36.1 Å². The fraction of sp³-hybridized carbons (Fsp3) is 0.174. The number of carbonyl (C=O) groups excluding carboxylic acids is 1. The van der Waals surface area contributed by atoms with Gasteiger partial charge in [0, 0.05) is 12.7 Å². The normalized spacial score (nSPS) is 18.9. The van der Waals surface area contributed by atoms with E-state index in [1.165, 1.54) is 5.56 Å². The van der Waals surface area contributed by atoms with Crippen LogP contribution in [0.3, 0.4) is 0 Å². The molecule has 5 heteroatoms. The van der Waals surface area contributed by atoms with Crippen molar-refractivity contribution in [3.63, 3.8) is 0 Å². The van der Waals surface area contributed by atoms with Crippen LogP contribution in [0.4, 0.5) is 0 Å². The summed E-state index contributed by atoms with van der Waals surface area (Å²) in [7, 11) is 0. The molecule has 1 aliphatic heterocycles. The van der Waals surface area contributed by atoms with Gasteiger partial charge in [-0.3, -0.25) is 14.7 Å². The third kappa shape index (κ3) is 3.16. The number of aliphatic imine (C=N–C) groups is 1. The Morgan fingerprint density at radius 1 is 0.893 bits per heavy atom. The molecule has 140 valence electrons. The monoisotopic (exact) mass is 370 g/mol. The molecule has 1 amide bonds. The summed E-state index contributed by atoms with van der Waals surface area (Å²) in [5.74, 6) is 0.0931. The van der Waals surface area contributed by atoms with E-state index < -0.39 is 5.54 Å². The van der Waals surface area contributed by atoms with E-state index >= 15 is 0 Å². The maximum Gasteiger partial charge on any atom is 0.268 e. The van der Waals surface area contributed by atoms with Gasteiger partial charge in [0.25, 0.3) is 5.91 Å². The van der Waals surface area contributed by atoms with Crippen molar-refractivity contribution >= 4 is 11.9 Å². The van der Waals surface area contributed by atoms with E-state index in [1.54, 1.807) is 11.1 Å². The van der Waals surface area contributed by atoms with Crippen molar-refractivity contribution in [2.75, 3.05) is 6.54 Å². The minimum absolute atomic E-state index is 0.150. The summed E-state index contributed by atoms with van der Waals surface area (Å²) in [6.07, 6.45) is 3.36. The van der Waals surface area contributed by atoms with E-state index in [0.717, 1.165) is 18.4 Å². The zero-order valence-electron chi connectivity index (χ0n) is 15.5. The number of carbonyl (C=O) groups is 1. The first-order chi connectivity index (χ1) is 13.7. The smallest absolute Gasteiger partial charge is 0.268 e. The molecule has 2 N–H and O–H groups in total. The fourth-order valence-electron chi connectivity index (χ4n) is 3.64. The minimum Gasteiger partial charge on any atom is -0.369 e. The third-order valence-electron chi connectivity index (χ3n) is 5.03. The molecule has 1 atom stereocenters. The summed E-state index contributed by atoms with van der Waals surface area (Å²) in [4.78, 5) is 24.3. The highest BCUT2D eigenvalue weighted by Gasteiger charge is 2.51. The molecule has 0 saturated carbocycles. The summed E-state index contributed by atoms with van der Waals surface area (Å²) < 4.78 is 0. The Kier molecular flexibility index (Phi) is 4.89. The summed E-state index contributed by atoms with van der Waals surface area (Å²) in [6.45, 7) is 0.518. The van der Waals surface area contributed by atoms with Gasteiger partial charge in [0.1, 0.15) is 0 Å². The number of nitrogens with two attached hydrogens (primary N) is 1. The summed E-state index contributed by atoms with van der Waals surface area (Å²) in [5.41, 5.74) is 7.60. The standard InChI is InChI=1S/C23H22N4O/c24-22-26-23(19-13-5-2-6-14-19,20-15-7-8-16-25-20)21(28)27(22)17-9-12-18-10-3-1-4-11-18/h1-8,10-11,13-16H,9,12,17H2,(H2,24,26). The molecule has 2 aromatic carbocycles. The number of rotatable bonds is 6. The highest BCUT2D eigenvalue weighted by atomic mass is 16.2. The summed E-state index contributed by atoms with van der Waals surface area (Å²) in [6, 6.07) is 25.3. The molecule has 0 saturated heterocycles. The van der Waals surface area contributed by atoms with Gasteiger partial charge in [0.05, 0.1) is 5.69 Å². The lowest BCUT2D eigenvalue weighted by Crippen LogP contribution is -2.44. The first-order valence-electron chi connectivity index (χ1n) is 9.40. The molecule has 0 spiro atoms. The Bertz CT molecular complexity index is 932. The predicted molar refractivity (Wildman–Crippen MR) is 110 cm³/mol. The van der Waals surface area contributed by atoms with Crippen LogP contribution < -0.4 is 5.73 Å². The van der Waals surface area contributed by atoms with Gasteiger partial charge in [-0.1, -0.05) is 66.7 Å². The maximum absolute atomic E-state index is 13.6. The fourth-order valence-corrected chi connectivity index (χ4v) is 3.64. The van der Waals surface area contributed by atoms with Crippen molar-refractivity contribution in [1.29, 1.82) is 0 Å². The van der Waals surface area contributed by atoms with Gasteiger partial charge in [-0.2, -0.15) is 0 Å². The molecule has 5 nitrogen and oxygen atoms in total. The number of hydrogen-bond donors (Lipinski definition) is 1. The highest BCUT2D eigenvalue weighted by molar-refractivity contribution is 6.08. The molecule has 0 fully saturated rings. The van der Waals surface area contributed by atoms with Gasteiger partial charge < -0.3 is 5.73 Å². The van der Waals surface area contributed by atoms with Crippen molar-refractivity contribution in [1.82, 2.24) is 9.88 Å². The van der Waals surface area contributed by atoms with E-state index in [1.807, 2.05) is 66.7 Å². The van der Waals surface area contributed by atoms with E-state index in [0.29, 0.717) is 12.2 Å². The predicted octanol–water partition coefficient (Wildman–Crippen LogP) is 3.11. The van der Waals surface area contributed by atoms with E-state index in [9.17, 15) is 4.79 Å². The number of guanidine groups is 1. The van der Waals surface area contributed by atoms with Crippen molar-refractivity contribution in [2.45, 2.75) is 18.4 Å². The lowest BCUT2D eigenvalue weighted by Gasteiger charge is -2.26. The zero-order chi connectivity index (χ0) is 19.4. The van der Waals surface area contributed by atoms with Gasteiger partial charge >= 0.3 is 0 Å². The molecule has 0 aliphatic carbocycles. The van der Waals surface area contributed by atoms with Gasteiger partial charge in [-0.25, -0.2) is 4.99 Å². The Balaban J connectivity index is 1.63. The van der Waals surface area contributed by atoms with Crippen LogP contribution in [-0.4, -0.2) is 28.3 Å². The number of aryl methyl sites for hydroxylation is 1. The lowest BCUT2D eigenvalue weighted by molar-refractivity contribution is -0.130. The van der Waals surface area contributed by atoms with Crippen molar-refractivity contribution in [2.24, 2.45) is 10.7 Å². The average Bonchev–Trinajstić information content (AvgIpc) is 3.01. The van der Waals surface area contributed by atoms with Crippen LogP contribution in [0.2, 0.25) is 0 Å². The van der Waals surface area contributed by atoms with Crippen molar-refractivity contribution in [3.05, 3.63) is 102 Å². The minimum atomic E-state index is -1.22. The Morgan fingerprint density at radius 2 is 1.57 bits per heavy atom. The first kappa shape index (κ1) is 17.9. The number of pyridine rings is 1. The van der Waals surface area contributed by atoms with Gasteiger partial charge in [-0.15, -0.1) is 0 Å². The second-order valence-electron chi connectivity index (χ2n) is 6.81. The first-order valence-corrected chi connectivity index (χ1v) is 9.40. The number of amides is 1. The quantitative estimate of drug-likeness (QED) is 0.725. The van der Waals surface area contributed by atoms with E-state index in [-0.39, 0.29) is 11.9 Å². The molecule has 28 heavy (non-hydrogen) atoms. The molecule has 2 heterocycles. The molecule has 0 bridgehead atoms. The largest absolute Gasteiger partial charge is 0.369 e. The molecular weight excluding hydrogens is 348 g/mol. The van der Waals surface area contributed by atoms with Crippen LogP contribution in [0.25, 0.3) is 0 Å². The van der Waals surface area contributed by atoms with Crippen molar-refractivity contribution in [3.8, 4) is 0 Å². The molecule has 1 aliphatic rings. The van der Waals surface area contributed by atoms with Crippen molar-refractivity contribution < 1.29 is 4.79 Å². The maximum atomic E-state index is 13.6. The lowest BCUT2D eigenvalue weighted by atomic mass is 9.86. The number of nitrogens with zero attached hydrogens (tertiary/aromatic N) is 3. The van der Waals surface area contributed by atoms with Crippen LogP contribution in [0.5, 0.6) is 0 Å². The van der Waals surface area contributed by atoms with Crippen LogP contribution in [0, 0.1) is 0 Å². The van der Waals surface area contributed by atoms with Crippen LogP contribution in [0.1, 0.15) is 23.2 Å². The van der Waals surface area contributed by atoms with Crippen LogP contribution in [0.15, 0.2) is 90.1 Å². The number of hydrogen-bond acceptors (Lipinski definition) is 4.